The van der Waals surface area contributed by atoms with Crippen LogP contribution in [0.5, 0.6) is 0 Å². The summed E-state index contributed by atoms with van der Waals surface area (Å²) in [5.74, 6) is -0.406. The third-order valence-corrected chi connectivity index (χ3v) is 4.33. The van der Waals surface area contributed by atoms with E-state index < -0.39 is 5.91 Å². The number of benzene rings is 1. The molecule has 3 rings (SSSR count). The van der Waals surface area contributed by atoms with Crippen LogP contribution >= 0.6 is 11.3 Å². The zero-order chi connectivity index (χ0) is 15.5. The molecule has 0 bridgehead atoms. The van der Waals surface area contributed by atoms with Gasteiger partial charge in [-0.15, -0.1) is 11.3 Å². The summed E-state index contributed by atoms with van der Waals surface area (Å²) in [6.45, 7) is 2.02. The number of aromatic nitrogens is 2. The summed E-state index contributed by atoms with van der Waals surface area (Å²) in [7, 11) is 0. The van der Waals surface area contributed by atoms with Crippen LogP contribution in [0.25, 0.3) is 11.3 Å². The molecule has 0 atom stereocenters. The van der Waals surface area contributed by atoms with Crippen LogP contribution in [0.3, 0.4) is 0 Å². The van der Waals surface area contributed by atoms with Crippen LogP contribution < -0.4 is 5.73 Å². The first-order valence-corrected chi connectivity index (χ1v) is 7.75. The smallest absolute Gasteiger partial charge is 0.248 e. The number of amides is 1. The van der Waals surface area contributed by atoms with Crippen LogP contribution in [-0.4, -0.2) is 15.9 Å². The first-order chi connectivity index (χ1) is 10.6. The lowest BCUT2D eigenvalue weighted by Gasteiger charge is -2.05. The average molecular weight is 309 g/mol. The summed E-state index contributed by atoms with van der Waals surface area (Å²) in [6, 6.07) is 9.41. The number of thiazole rings is 1. The lowest BCUT2D eigenvalue weighted by Crippen LogP contribution is -2.11. The quantitative estimate of drug-likeness (QED) is 0.804. The fourth-order valence-corrected chi connectivity index (χ4v) is 3.04. The van der Waals surface area contributed by atoms with Gasteiger partial charge in [-0.05, 0) is 42.3 Å². The molecule has 110 valence electrons. The molecule has 0 saturated heterocycles. The van der Waals surface area contributed by atoms with Gasteiger partial charge in [-0.3, -0.25) is 9.78 Å². The Balaban J connectivity index is 1.87. The van der Waals surface area contributed by atoms with Crippen molar-refractivity contribution in [2.75, 3.05) is 0 Å². The van der Waals surface area contributed by atoms with Crippen molar-refractivity contribution < 1.29 is 4.79 Å². The number of carbonyl (C=O) groups is 1. The van der Waals surface area contributed by atoms with Gasteiger partial charge >= 0.3 is 0 Å². The maximum atomic E-state index is 11.3. The number of aryl methyl sites for hydroxylation is 1. The van der Waals surface area contributed by atoms with Crippen molar-refractivity contribution in [3.63, 3.8) is 0 Å². The van der Waals surface area contributed by atoms with Crippen LogP contribution in [0, 0.1) is 6.92 Å². The van der Waals surface area contributed by atoms with Gasteiger partial charge in [0.15, 0.2) is 0 Å². The van der Waals surface area contributed by atoms with Crippen LogP contribution in [0.2, 0.25) is 0 Å². The molecule has 5 heteroatoms. The van der Waals surface area contributed by atoms with Crippen LogP contribution in [0.1, 0.15) is 26.5 Å². The Labute approximate surface area is 132 Å². The molecular formula is C17H15N3OS. The highest BCUT2D eigenvalue weighted by atomic mass is 32.1. The predicted octanol–water partition coefficient (Wildman–Crippen LogP) is 3.20. The Morgan fingerprint density at radius 3 is 2.91 bits per heavy atom. The molecule has 3 aromatic rings. The molecule has 0 aliphatic heterocycles. The fraction of sp³-hybridized carbons (Fsp3) is 0.118. The van der Waals surface area contributed by atoms with Gasteiger partial charge in [0.25, 0.3) is 0 Å². The molecule has 0 unspecified atom stereocenters. The Hall–Kier alpha value is -2.53. The van der Waals surface area contributed by atoms with E-state index in [1.165, 1.54) is 0 Å². The summed E-state index contributed by atoms with van der Waals surface area (Å²) in [5.41, 5.74) is 10.0. The van der Waals surface area contributed by atoms with Crippen molar-refractivity contribution in [1.82, 2.24) is 9.97 Å². The minimum atomic E-state index is -0.406. The van der Waals surface area contributed by atoms with E-state index >= 15 is 0 Å². The molecule has 0 radical (unpaired) electrons. The molecule has 0 aliphatic rings. The zero-order valence-corrected chi connectivity index (χ0v) is 12.9. The summed E-state index contributed by atoms with van der Waals surface area (Å²) >= 11 is 1.61. The maximum Gasteiger partial charge on any atom is 0.248 e. The van der Waals surface area contributed by atoms with Gasteiger partial charge in [0.05, 0.1) is 10.7 Å². The molecule has 1 aromatic carbocycles. The molecule has 1 amide bonds. The largest absolute Gasteiger partial charge is 0.366 e. The van der Waals surface area contributed by atoms with E-state index in [4.69, 9.17) is 5.73 Å². The van der Waals surface area contributed by atoms with Crippen molar-refractivity contribution in [3.05, 3.63) is 69.8 Å². The third-order valence-electron chi connectivity index (χ3n) is 3.48. The molecule has 0 aliphatic carbocycles. The SMILES string of the molecule is Cc1ccc(C(N)=O)cc1Cc1nc(-c2cccnc2)cs1. The van der Waals surface area contributed by atoms with E-state index in [9.17, 15) is 4.79 Å². The standard InChI is InChI=1S/C17H15N3OS/c1-11-4-5-12(17(18)21)7-14(11)8-16-20-15(10-22-16)13-3-2-6-19-9-13/h2-7,9-10H,8H2,1H3,(H2,18,21). The normalized spacial score (nSPS) is 10.6. The predicted molar refractivity (Wildman–Crippen MR) is 87.8 cm³/mol. The monoisotopic (exact) mass is 309 g/mol. The lowest BCUT2D eigenvalue weighted by molar-refractivity contribution is 0.1000. The molecule has 4 nitrogen and oxygen atoms in total. The van der Waals surface area contributed by atoms with Gasteiger partial charge in [-0.25, -0.2) is 4.98 Å². The molecule has 2 aromatic heterocycles. The lowest BCUT2D eigenvalue weighted by atomic mass is 10.0. The van der Waals surface area contributed by atoms with Crippen LogP contribution in [-0.2, 0) is 6.42 Å². The number of carbonyl (C=O) groups excluding carboxylic acids is 1. The fourth-order valence-electron chi connectivity index (χ4n) is 2.22. The van der Waals surface area contributed by atoms with Gasteiger partial charge in [-0.1, -0.05) is 6.07 Å². The van der Waals surface area contributed by atoms with Gasteiger partial charge in [0, 0.05) is 35.3 Å². The molecule has 2 N–H and O–H groups in total. The summed E-state index contributed by atoms with van der Waals surface area (Å²) in [5, 5.41) is 3.03. The topological polar surface area (TPSA) is 68.9 Å². The van der Waals surface area contributed by atoms with Gasteiger partial charge in [-0.2, -0.15) is 0 Å². The average Bonchev–Trinajstić information content (AvgIpc) is 2.99. The van der Waals surface area contributed by atoms with Crippen molar-refractivity contribution in [1.29, 1.82) is 0 Å². The van der Waals surface area contributed by atoms with E-state index in [0.717, 1.165) is 27.4 Å². The zero-order valence-electron chi connectivity index (χ0n) is 12.1. The molecular weight excluding hydrogens is 294 g/mol. The number of nitrogens with zero attached hydrogens (tertiary/aromatic N) is 2. The molecule has 0 saturated carbocycles. The second-order valence-electron chi connectivity index (χ2n) is 5.05. The Morgan fingerprint density at radius 2 is 2.18 bits per heavy atom. The number of pyridine rings is 1. The minimum Gasteiger partial charge on any atom is -0.366 e. The number of nitrogens with two attached hydrogens (primary N) is 1. The van der Waals surface area contributed by atoms with E-state index in [0.29, 0.717) is 12.0 Å². The van der Waals surface area contributed by atoms with Gasteiger partial charge in [0.1, 0.15) is 0 Å². The highest BCUT2D eigenvalue weighted by Gasteiger charge is 2.09. The molecule has 0 fully saturated rings. The highest BCUT2D eigenvalue weighted by Crippen LogP contribution is 2.24. The Bertz CT molecular complexity index is 812. The maximum absolute atomic E-state index is 11.3. The van der Waals surface area contributed by atoms with E-state index in [-0.39, 0.29) is 0 Å². The van der Waals surface area contributed by atoms with Crippen molar-refractivity contribution in [2.24, 2.45) is 5.73 Å². The van der Waals surface area contributed by atoms with Crippen molar-refractivity contribution in [2.45, 2.75) is 13.3 Å². The first-order valence-electron chi connectivity index (χ1n) is 6.87. The summed E-state index contributed by atoms with van der Waals surface area (Å²) < 4.78 is 0. The molecule has 2 heterocycles. The van der Waals surface area contributed by atoms with Gasteiger partial charge < -0.3 is 5.73 Å². The first kappa shape index (κ1) is 14.4. The van der Waals surface area contributed by atoms with Crippen molar-refractivity contribution in [3.8, 4) is 11.3 Å². The number of hydrogen-bond acceptors (Lipinski definition) is 4. The second-order valence-corrected chi connectivity index (χ2v) is 5.99. The third kappa shape index (κ3) is 3.04. The van der Waals surface area contributed by atoms with Crippen LogP contribution in [0.15, 0.2) is 48.1 Å². The minimum absolute atomic E-state index is 0.406. The number of primary amides is 1. The van der Waals surface area contributed by atoms with Gasteiger partial charge in [0.2, 0.25) is 5.91 Å². The number of rotatable bonds is 4. The summed E-state index contributed by atoms with van der Waals surface area (Å²) in [6.07, 6.45) is 4.24. The van der Waals surface area contributed by atoms with E-state index in [1.807, 2.05) is 36.6 Å². The van der Waals surface area contributed by atoms with E-state index in [2.05, 4.69) is 9.97 Å². The second kappa shape index (κ2) is 6.07. The Kier molecular flexibility index (Phi) is 3.98. The summed E-state index contributed by atoms with van der Waals surface area (Å²) in [4.78, 5) is 20.1. The molecule has 22 heavy (non-hydrogen) atoms. The van der Waals surface area contributed by atoms with Crippen molar-refractivity contribution >= 4 is 17.2 Å². The van der Waals surface area contributed by atoms with E-state index in [1.54, 1.807) is 29.8 Å². The van der Waals surface area contributed by atoms with Crippen LogP contribution in [0.4, 0.5) is 0 Å². The Morgan fingerprint density at radius 1 is 1.32 bits per heavy atom. The number of hydrogen-bond donors (Lipinski definition) is 1. The highest BCUT2D eigenvalue weighted by molar-refractivity contribution is 7.10. The molecule has 0 spiro atoms.